The van der Waals surface area contributed by atoms with Crippen molar-refractivity contribution in [3.8, 4) is 0 Å². The summed E-state index contributed by atoms with van der Waals surface area (Å²) in [6.45, 7) is 4.73. The number of nitrogens with zero attached hydrogens (tertiary/aromatic N) is 2. The van der Waals surface area contributed by atoms with Gasteiger partial charge in [0, 0.05) is 37.4 Å². The quantitative estimate of drug-likeness (QED) is 0.752. The molecule has 1 saturated heterocycles. The molecule has 144 valence electrons. The Balaban J connectivity index is 1.51. The molecule has 0 unspecified atom stereocenters. The maximum Gasteiger partial charge on any atom is 0.335 e. The minimum atomic E-state index is -0.675. The lowest BCUT2D eigenvalue weighted by molar-refractivity contribution is -0.148. The monoisotopic (exact) mass is 368 g/mol. The van der Waals surface area contributed by atoms with Gasteiger partial charge in [0.25, 0.3) is 5.91 Å². The number of esters is 1. The smallest absolute Gasteiger partial charge is 0.335 e. The van der Waals surface area contributed by atoms with Crippen molar-refractivity contribution >= 4 is 17.6 Å². The molecule has 3 aliphatic rings. The maximum atomic E-state index is 13.4. The molecule has 0 atom stereocenters. The van der Waals surface area contributed by atoms with E-state index in [-0.39, 0.29) is 11.9 Å². The van der Waals surface area contributed by atoms with Gasteiger partial charge in [0.05, 0.1) is 5.57 Å². The van der Waals surface area contributed by atoms with Crippen LogP contribution in [0.3, 0.4) is 0 Å². The molecule has 27 heavy (non-hydrogen) atoms. The summed E-state index contributed by atoms with van der Waals surface area (Å²) in [7, 11) is 0. The molecule has 5 heteroatoms. The highest BCUT2D eigenvalue weighted by atomic mass is 16.6. The number of hydrogen-bond acceptors (Lipinski definition) is 4. The highest BCUT2D eigenvalue weighted by Crippen LogP contribution is 2.43. The second kappa shape index (κ2) is 7.37. The number of benzene rings is 1. The fourth-order valence-electron chi connectivity index (χ4n) is 4.72. The second-order valence-electron chi connectivity index (χ2n) is 7.91. The molecule has 1 aromatic rings. The molecule has 2 fully saturated rings. The number of para-hydroxylation sites is 1. The standard InChI is InChI=1S/C22H28N2O3/c1-17-19(22(27-21(17)26)11-7-2-3-8-12-22)20(25)24-15-13-23(14-16-24)18-9-5-4-6-10-18/h4-6,9-10H,2-3,7-8,11-16H2,1H3. The number of ether oxygens (including phenoxy) is 1. The van der Waals surface area contributed by atoms with Crippen molar-refractivity contribution in [3.63, 3.8) is 0 Å². The highest BCUT2D eigenvalue weighted by Gasteiger charge is 2.50. The number of carbonyl (C=O) groups excluding carboxylic acids is 2. The van der Waals surface area contributed by atoms with Crippen molar-refractivity contribution in [2.45, 2.75) is 51.0 Å². The van der Waals surface area contributed by atoms with Crippen molar-refractivity contribution in [2.75, 3.05) is 31.1 Å². The molecule has 1 amide bonds. The van der Waals surface area contributed by atoms with Crippen molar-refractivity contribution < 1.29 is 14.3 Å². The molecular weight excluding hydrogens is 340 g/mol. The molecule has 1 aliphatic carbocycles. The zero-order valence-corrected chi connectivity index (χ0v) is 16.1. The molecule has 1 spiro atoms. The van der Waals surface area contributed by atoms with Crippen LogP contribution >= 0.6 is 0 Å². The molecule has 4 rings (SSSR count). The van der Waals surface area contributed by atoms with Gasteiger partial charge in [-0.3, -0.25) is 4.79 Å². The van der Waals surface area contributed by atoms with Gasteiger partial charge in [-0.25, -0.2) is 4.79 Å². The Morgan fingerprint density at radius 2 is 1.59 bits per heavy atom. The van der Waals surface area contributed by atoms with Crippen LogP contribution in [0.15, 0.2) is 41.5 Å². The van der Waals surface area contributed by atoms with Crippen molar-refractivity contribution in [3.05, 3.63) is 41.5 Å². The normalized spacial score (nSPS) is 22.8. The largest absolute Gasteiger partial charge is 0.451 e. The maximum absolute atomic E-state index is 13.4. The molecule has 1 aromatic carbocycles. The van der Waals surface area contributed by atoms with Gasteiger partial charge in [0.15, 0.2) is 0 Å². The summed E-state index contributed by atoms with van der Waals surface area (Å²) >= 11 is 0. The van der Waals surface area contributed by atoms with Crippen molar-refractivity contribution in [1.82, 2.24) is 4.90 Å². The van der Waals surface area contributed by atoms with E-state index in [0.29, 0.717) is 24.2 Å². The number of carbonyl (C=O) groups is 2. The SMILES string of the molecule is CC1=C(C(=O)N2CCN(c3ccccc3)CC2)C2(CCCCCC2)OC1=O. The fraction of sp³-hybridized carbons (Fsp3) is 0.545. The number of piperazine rings is 1. The van der Waals surface area contributed by atoms with E-state index in [1.807, 2.05) is 23.1 Å². The third-order valence-electron chi connectivity index (χ3n) is 6.24. The molecule has 0 bridgehead atoms. The van der Waals surface area contributed by atoms with Gasteiger partial charge in [0.2, 0.25) is 0 Å². The van der Waals surface area contributed by atoms with E-state index in [2.05, 4.69) is 17.0 Å². The van der Waals surface area contributed by atoms with Gasteiger partial charge in [0.1, 0.15) is 5.60 Å². The van der Waals surface area contributed by atoms with Gasteiger partial charge >= 0.3 is 5.97 Å². The van der Waals surface area contributed by atoms with Crippen LogP contribution in [0.25, 0.3) is 0 Å². The zero-order valence-electron chi connectivity index (χ0n) is 16.1. The van der Waals surface area contributed by atoms with Crippen molar-refractivity contribution in [2.24, 2.45) is 0 Å². The molecule has 1 saturated carbocycles. The Bertz CT molecular complexity index is 740. The van der Waals surface area contributed by atoms with Crippen LogP contribution in [0.1, 0.15) is 45.4 Å². The van der Waals surface area contributed by atoms with E-state index in [4.69, 9.17) is 4.74 Å². The Morgan fingerprint density at radius 1 is 0.963 bits per heavy atom. The third kappa shape index (κ3) is 3.35. The van der Waals surface area contributed by atoms with Crippen LogP contribution in [-0.2, 0) is 14.3 Å². The lowest BCUT2D eigenvalue weighted by Gasteiger charge is -2.38. The summed E-state index contributed by atoms with van der Waals surface area (Å²) < 4.78 is 5.83. The Hall–Kier alpha value is -2.30. The average Bonchev–Trinajstić information content (AvgIpc) is 2.84. The van der Waals surface area contributed by atoms with Crippen LogP contribution in [0, 0.1) is 0 Å². The molecule has 0 aromatic heterocycles. The molecule has 0 N–H and O–H groups in total. The van der Waals surface area contributed by atoms with E-state index in [1.54, 1.807) is 6.92 Å². The highest BCUT2D eigenvalue weighted by molar-refractivity contribution is 6.07. The van der Waals surface area contributed by atoms with Gasteiger partial charge in [-0.05, 0) is 44.7 Å². The molecule has 5 nitrogen and oxygen atoms in total. The van der Waals surface area contributed by atoms with Crippen LogP contribution in [0.2, 0.25) is 0 Å². The first-order chi connectivity index (χ1) is 13.1. The lowest BCUT2D eigenvalue weighted by Crippen LogP contribution is -2.51. The van der Waals surface area contributed by atoms with Gasteiger partial charge < -0.3 is 14.5 Å². The second-order valence-corrected chi connectivity index (χ2v) is 7.91. The average molecular weight is 368 g/mol. The minimum absolute atomic E-state index is 0.00737. The summed E-state index contributed by atoms with van der Waals surface area (Å²) in [6.07, 6.45) is 5.88. The van der Waals surface area contributed by atoms with E-state index in [1.165, 1.54) is 5.69 Å². The summed E-state index contributed by atoms with van der Waals surface area (Å²) in [6, 6.07) is 10.3. The van der Waals surface area contributed by atoms with E-state index >= 15 is 0 Å². The first-order valence-corrected chi connectivity index (χ1v) is 10.1. The fourth-order valence-corrected chi connectivity index (χ4v) is 4.72. The predicted molar refractivity (Wildman–Crippen MR) is 104 cm³/mol. The number of rotatable bonds is 2. The summed E-state index contributed by atoms with van der Waals surface area (Å²) in [5.74, 6) is -0.295. The van der Waals surface area contributed by atoms with Gasteiger partial charge in [-0.1, -0.05) is 31.0 Å². The van der Waals surface area contributed by atoms with Crippen LogP contribution in [0.5, 0.6) is 0 Å². The van der Waals surface area contributed by atoms with Crippen LogP contribution in [0.4, 0.5) is 5.69 Å². The van der Waals surface area contributed by atoms with Gasteiger partial charge in [-0.2, -0.15) is 0 Å². The van der Waals surface area contributed by atoms with E-state index in [0.717, 1.165) is 51.6 Å². The van der Waals surface area contributed by atoms with Gasteiger partial charge in [-0.15, -0.1) is 0 Å². The first-order valence-electron chi connectivity index (χ1n) is 10.1. The van der Waals surface area contributed by atoms with E-state index < -0.39 is 5.60 Å². The minimum Gasteiger partial charge on any atom is -0.451 e. The molecular formula is C22H28N2O3. The number of hydrogen-bond donors (Lipinski definition) is 0. The summed E-state index contributed by atoms with van der Waals surface area (Å²) in [5, 5.41) is 0. The van der Waals surface area contributed by atoms with Crippen molar-refractivity contribution in [1.29, 1.82) is 0 Å². The lowest BCUT2D eigenvalue weighted by atomic mass is 9.84. The third-order valence-corrected chi connectivity index (χ3v) is 6.24. The zero-order chi connectivity index (χ0) is 18.9. The van der Waals surface area contributed by atoms with Crippen LogP contribution < -0.4 is 4.90 Å². The summed E-state index contributed by atoms with van der Waals surface area (Å²) in [5.41, 5.74) is 1.68. The van der Waals surface area contributed by atoms with Crippen LogP contribution in [-0.4, -0.2) is 48.6 Å². The number of amides is 1. The summed E-state index contributed by atoms with van der Waals surface area (Å²) in [4.78, 5) is 30.0. The first kappa shape index (κ1) is 18.1. The molecule has 0 radical (unpaired) electrons. The Kier molecular flexibility index (Phi) is 4.94. The Morgan fingerprint density at radius 3 is 2.22 bits per heavy atom. The Labute approximate surface area is 161 Å². The molecule has 2 heterocycles. The topological polar surface area (TPSA) is 49.9 Å². The molecule has 2 aliphatic heterocycles. The number of anilines is 1. The van der Waals surface area contributed by atoms with E-state index in [9.17, 15) is 9.59 Å². The predicted octanol–water partition coefficient (Wildman–Crippen LogP) is 3.30.